The molecule has 2 aromatic carbocycles. The highest BCUT2D eigenvalue weighted by molar-refractivity contribution is 7.15. The largest absolute Gasteiger partial charge is 0.416 e. The lowest BCUT2D eigenvalue weighted by Crippen LogP contribution is -2.28. The average Bonchev–Trinajstić information content (AvgIpc) is 3.37. The van der Waals surface area contributed by atoms with Gasteiger partial charge in [-0.05, 0) is 49.4 Å². The minimum atomic E-state index is -4.66. The molecule has 1 aromatic heterocycles. The highest BCUT2D eigenvalue weighted by Gasteiger charge is 2.38. The minimum Gasteiger partial charge on any atom is -0.381 e. The fourth-order valence-corrected chi connectivity index (χ4v) is 4.61. The molecule has 0 saturated carbocycles. The van der Waals surface area contributed by atoms with E-state index in [0.717, 1.165) is 17.0 Å². The van der Waals surface area contributed by atoms with Crippen molar-refractivity contribution in [2.75, 3.05) is 30.8 Å². The number of aliphatic hydroxyl groups is 1. The van der Waals surface area contributed by atoms with Crippen LogP contribution in [0.3, 0.4) is 0 Å². The highest BCUT2D eigenvalue weighted by atomic mass is 32.1. The number of alkyl halides is 3. The van der Waals surface area contributed by atoms with Crippen molar-refractivity contribution in [3.05, 3.63) is 65.0 Å². The Morgan fingerprint density at radius 1 is 1.18 bits per heavy atom. The zero-order valence-electron chi connectivity index (χ0n) is 17.4. The molecule has 0 bridgehead atoms. The van der Waals surface area contributed by atoms with Crippen LogP contribution < -0.4 is 10.6 Å². The van der Waals surface area contributed by atoms with E-state index in [1.807, 2.05) is 11.9 Å². The van der Waals surface area contributed by atoms with Crippen LogP contribution in [0, 0.1) is 5.82 Å². The van der Waals surface area contributed by atoms with Gasteiger partial charge in [0.05, 0.1) is 16.1 Å². The van der Waals surface area contributed by atoms with E-state index in [0.29, 0.717) is 41.9 Å². The zero-order chi connectivity index (χ0) is 23.8. The maximum absolute atomic E-state index is 13.8. The molecule has 2 heterocycles. The van der Waals surface area contributed by atoms with Gasteiger partial charge in [0.15, 0.2) is 0 Å². The van der Waals surface area contributed by atoms with Crippen LogP contribution in [0.1, 0.15) is 17.0 Å². The number of β-amino-alcohol motifs (C(OH)–C–C–N with tert-alkyl or cyclic N) is 1. The molecule has 2 amide bonds. The molecule has 1 aliphatic heterocycles. The monoisotopic (exact) mass is 480 g/mol. The predicted octanol–water partition coefficient (Wildman–Crippen LogP) is 5.14. The molecule has 1 aliphatic rings. The first-order valence-corrected chi connectivity index (χ1v) is 10.8. The summed E-state index contributed by atoms with van der Waals surface area (Å²) in [4.78, 5) is 19.4. The maximum atomic E-state index is 13.8. The third-order valence-corrected chi connectivity index (χ3v) is 6.55. The number of hydrogen-bond donors (Lipinski definition) is 3. The summed E-state index contributed by atoms with van der Waals surface area (Å²) in [6.07, 6.45) is -2.36. The summed E-state index contributed by atoms with van der Waals surface area (Å²) in [5.41, 5.74) is -1.42. The molecule has 3 N–H and O–H groups in total. The van der Waals surface area contributed by atoms with E-state index in [2.05, 4.69) is 15.6 Å². The van der Waals surface area contributed by atoms with Gasteiger partial charge in [0.2, 0.25) is 0 Å². The molecule has 1 unspecified atom stereocenters. The lowest BCUT2D eigenvalue weighted by atomic mass is 10.1. The van der Waals surface area contributed by atoms with Gasteiger partial charge in [-0.2, -0.15) is 13.2 Å². The molecule has 3 aromatic rings. The Kier molecular flexibility index (Phi) is 6.12. The molecule has 0 radical (unpaired) electrons. The number of carbonyl (C=O) groups excluding carboxylic acids is 1. The van der Waals surface area contributed by atoms with Crippen molar-refractivity contribution < 1.29 is 27.5 Å². The summed E-state index contributed by atoms with van der Waals surface area (Å²) >= 11 is 1.39. The van der Waals surface area contributed by atoms with Gasteiger partial charge in [0.1, 0.15) is 16.4 Å². The van der Waals surface area contributed by atoms with Gasteiger partial charge >= 0.3 is 12.2 Å². The summed E-state index contributed by atoms with van der Waals surface area (Å²) in [5, 5.41) is 16.0. The van der Waals surface area contributed by atoms with Crippen LogP contribution in [0.4, 0.5) is 33.7 Å². The first kappa shape index (κ1) is 23.1. The number of amides is 2. The summed E-state index contributed by atoms with van der Waals surface area (Å²) in [5.74, 6) is -0.982. The highest BCUT2D eigenvalue weighted by Crippen LogP contribution is 2.37. The SMILES string of the molecule is CN1CCC(O)(c2ncc(-c3ccc(NC(=O)Nc4cc(C(F)(F)F)ccc4F)cc3)s2)C1. The molecule has 0 spiro atoms. The third-order valence-electron chi connectivity index (χ3n) is 5.31. The standard InChI is InChI=1S/C22H20F4N4O2S/c1-30-9-8-21(32,12-30)19-27-11-18(33-19)13-2-5-15(6-3-13)28-20(31)29-17-10-14(22(24,25)26)4-7-16(17)23/h2-7,10-11,32H,8-9,12H2,1H3,(H2,28,29,31). The lowest BCUT2D eigenvalue weighted by molar-refractivity contribution is -0.137. The molecule has 1 fully saturated rings. The predicted molar refractivity (Wildman–Crippen MR) is 118 cm³/mol. The van der Waals surface area contributed by atoms with E-state index in [-0.39, 0.29) is 0 Å². The van der Waals surface area contributed by atoms with E-state index in [1.54, 1.807) is 30.5 Å². The normalized spacial score (nSPS) is 19.0. The molecule has 1 atom stereocenters. The summed E-state index contributed by atoms with van der Waals surface area (Å²) < 4.78 is 52.3. The Morgan fingerprint density at radius 3 is 2.55 bits per heavy atom. The fourth-order valence-electron chi connectivity index (χ4n) is 3.58. The quantitative estimate of drug-likeness (QED) is 0.452. The zero-order valence-corrected chi connectivity index (χ0v) is 18.2. The molecule has 1 saturated heterocycles. The molecule has 174 valence electrons. The van der Waals surface area contributed by atoms with E-state index in [9.17, 15) is 27.5 Å². The second kappa shape index (κ2) is 8.73. The smallest absolute Gasteiger partial charge is 0.381 e. The number of urea groups is 1. The van der Waals surface area contributed by atoms with Crippen molar-refractivity contribution in [2.45, 2.75) is 18.2 Å². The van der Waals surface area contributed by atoms with Crippen LogP contribution in [-0.4, -0.2) is 41.2 Å². The van der Waals surface area contributed by atoms with Gasteiger partial charge in [-0.25, -0.2) is 14.2 Å². The number of nitrogens with zero attached hydrogens (tertiary/aromatic N) is 2. The molecule has 6 nitrogen and oxygen atoms in total. The van der Waals surface area contributed by atoms with E-state index in [1.165, 1.54) is 11.3 Å². The second-order valence-electron chi connectivity index (χ2n) is 7.90. The number of halogens is 4. The van der Waals surface area contributed by atoms with Crippen molar-refractivity contribution in [1.29, 1.82) is 0 Å². The fraction of sp³-hybridized carbons (Fsp3) is 0.273. The number of hydrogen-bond acceptors (Lipinski definition) is 5. The molecule has 11 heteroatoms. The number of likely N-dealkylation sites (tertiary alicyclic amines) is 1. The Morgan fingerprint density at radius 2 is 1.91 bits per heavy atom. The summed E-state index contributed by atoms with van der Waals surface area (Å²) in [6.45, 7) is 1.31. The van der Waals surface area contributed by atoms with Crippen molar-refractivity contribution in [1.82, 2.24) is 9.88 Å². The van der Waals surface area contributed by atoms with Crippen molar-refractivity contribution in [3.63, 3.8) is 0 Å². The van der Waals surface area contributed by atoms with Crippen LogP contribution in [0.25, 0.3) is 10.4 Å². The molecule has 0 aliphatic carbocycles. The molecular weight excluding hydrogens is 460 g/mol. The number of anilines is 2. The van der Waals surface area contributed by atoms with Crippen molar-refractivity contribution in [3.8, 4) is 10.4 Å². The van der Waals surface area contributed by atoms with Gasteiger partial charge in [-0.3, -0.25) is 0 Å². The van der Waals surface area contributed by atoms with Gasteiger partial charge in [-0.15, -0.1) is 11.3 Å². The van der Waals surface area contributed by atoms with Crippen LogP contribution >= 0.6 is 11.3 Å². The van der Waals surface area contributed by atoms with E-state index < -0.39 is 34.9 Å². The maximum Gasteiger partial charge on any atom is 0.416 e. The van der Waals surface area contributed by atoms with E-state index >= 15 is 0 Å². The van der Waals surface area contributed by atoms with Gasteiger partial charge < -0.3 is 20.6 Å². The van der Waals surface area contributed by atoms with Crippen LogP contribution in [0.2, 0.25) is 0 Å². The topological polar surface area (TPSA) is 77.5 Å². The summed E-state index contributed by atoms with van der Waals surface area (Å²) in [6, 6.07) is 7.60. The second-order valence-corrected chi connectivity index (χ2v) is 8.93. The summed E-state index contributed by atoms with van der Waals surface area (Å²) in [7, 11) is 1.94. The Labute approximate surface area is 190 Å². The van der Waals surface area contributed by atoms with Gasteiger partial charge in [0, 0.05) is 25.0 Å². The number of thiazole rings is 1. The average molecular weight is 480 g/mol. The Hall–Kier alpha value is -3.02. The van der Waals surface area contributed by atoms with Gasteiger partial charge in [-0.1, -0.05) is 12.1 Å². The van der Waals surface area contributed by atoms with Gasteiger partial charge in [0.25, 0.3) is 0 Å². The molecule has 4 rings (SSSR count). The van der Waals surface area contributed by atoms with Crippen LogP contribution in [0.15, 0.2) is 48.7 Å². The lowest BCUT2D eigenvalue weighted by Gasteiger charge is -2.19. The number of rotatable bonds is 4. The Balaban J connectivity index is 1.42. The molecular formula is C22H20F4N4O2S. The third kappa shape index (κ3) is 5.15. The van der Waals surface area contributed by atoms with Crippen molar-refractivity contribution in [2.24, 2.45) is 0 Å². The van der Waals surface area contributed by atoms with E-state index in [4.69, 9.17) is 0 Å². The minimum absolute atomic E-state index is 0.365. The first-order chi connectivity index (χ1) is 15.5. The van der Waals surface area contributed by atoms with Crippen molar-refractivity contribution >= 4 is 28.7 Å². The number of benzene rings is 2. The number of aromatic nitrogens is 1. The number of nitrogens with one attached hydrogen (secondary N) is 2. The first-order valence-electron chi connectivity index (χ1n) is 9.96. The molecule has 33 heavy (non-hydrogen) atoms. The van der Waals surface area contributed by atoms with Crippen LogP contribution in [-0.2, 0) is 11.8 Å². The number of likely N-dealkylation sites (N-methyl/N-ethyl adjacent to an activating group) is 1. The Bertz CT molecular complexity index is 1170. The van der Waals surface area contributed by atoms with Crippen LogP contribution in [0.5, 0.6) is 0 Å². The number of carbonyl (C=O) groups is 1.